The molecule has 1 atom stereocenters. The highest BCUT2D eigenvalue weighted by atomic mass is 16.5. The van der Waals surface area contributed by atoms with Gasteiger partial charge in [-0.25, -0.2) is 0 Å². The second-order valence-electron chi connectivity index (χ2n) is 7.22. The summed E-state index contributed by atoms with van der Waals surface area (Å²) in [5.74, 6) is 2.52. The Hall–Kier alpha value is -2.57. The molecule has 7 nitrogen and oxygen atoms in total. The summed E-state index contributed by atoms with van der Waals surface area (Å²) in [7, 11) is 1.80. The second kappa shape index (κ2) is 9.39. The van der Waals surface area contributed by atoms with Gasteiger partial charge < -0.3 is 20.1 Å². The zero-order valence-corrected chi connectivity index (χ0v) is 16.5. The van der Waals surface area contributed by atoms with Crippen LogP contribution in [0.15, 0.2) is 39.8 Å². The standard InChI is InChI=1S/C20H30N6O/c1-15(2)19-24-18(27-25-19)11-12-22-20(21-3)23-16-8-7-13-26(14-16)17-9-5-4-6-10-17/h4-6,9-10,15-16H,7-8,11-14H2,1-3H3,(H2,21,22,23). The number of guanidine groups is 1. The first kappa shape index (κ1) is 19.2. The van der Waals surface area contributed by atoms with Crippen LogP contribution in [0.3, 0.4) is 0 Å². The average Bonchev–Trinajstić information content (AvgIpc) is 3.17. The second-order valence-corrected chi connectivity index (χ2v) is 7.22. The lowest BCUT2D eigenvalue weighted by Gasteiger charge is -2.35. The molecular formula is C20H30N6O. The number of nitrogens with zero attached hydrogens (tertiary/aromatic N) is 4. The fraction of sp³-hybridized carbons (Fsp3) is 0.550. The minimum Gasteiger partial charge on any atom is -0.369 e. The number of nitrogens with one attached hydrogen (secondary N) is 2. The highest BCUT2D eigenvalue weighted by Gasteiger charge is 2.21. The molecular weight excluding hydrogens is 340 g/mol. The number of aliphatic imine (C=N–C) groups is 1. The third-order valence-electron chi connectivity index (χ3n) is 4.74. The molecule has 1 aliphatic rings. The number of rotatable bonds is 6. The monoisotopic (exact) mass is 370 g/mol. The molecule has 1 aliphatic heterocycles. The quantitative estimate of drug-likeness (QED) is 0.601. The summed E-state index contributed by atoms with van der Waals surface area (Å²) in [6.07, 6.45) is 3.00. The molecule has 2 N–H and O–H groups in total. The molecule has 3 rings (SSSR count). The highest BCUT2D eigenvalue weighted by molar-refractivity contribution is 5.80. The molecule has 146 valence electrons. The number of aromatic nitrogens is 2. The van der Waals surface area contributed by atoms with Crippen molar-refractivity contribution in [3.63, 3.8) is 0 Å². The minimum atomic E-state index is 0.281. The van der Waals surface area contributed by atoms with Crippen LogP contribution in [-0.2, 0) is 6.42 Å². The number of hydrogen-bond donors (Lipinski definition) is 2. The van der Waals surface area contributed by atoms with Crippen molar-refractivity contribution in [2.45, 2.75) is 45.1 Å². The van der Waals surface area contributed by atoms with Crippen molar-refractivity contribution in [2.24, 2.45) is 4.99 Å². The summed E-state index contributed by atoms with van der Waals surface area (Å²) >= 11 is 0. The Bertz CT molecular complexity index is 727. The summed E-state index contributed by atoms with van der Waals surface area (Å²) in [5.41, 5.74) is 1.28. The molecule has 0 spiro atoms. The topological polar surface area (TPSA) is 78.6 Å². The molecule has 0 bridgehead atoms. The summed E-state index contributed by atoms with van der Waals surface area (Å²) in [6.45, 7) is 6.90. The Labute approximate surface area is 161 Å². The Morgan fingerprint density at radius 2 is 2.15 bits per heavy atom. The van der Waals surface area contributed by atoms with E-state index in [1.54, 1.807) is 7.05 Å². The number of anilines is 1. The molecule has 1 aromatic heterocycles. The van der Waals surface area contributed by atoms with Gasteiger partial charge in [0.15, 0.2) is 11.8 Å². The molecule has 1 fully saturated rings. The van der Waals surface area contributed by atoms with E-state index in [9.17, 15) is 0 Å². The first-order valence-electron chi connectivity index (χ1n) is 9.75. The van der Waals surface area contributed by atoms with Crippen LogP contribution in [0.1, 0.15) is 44.3 Å². The van der Waals surface area contributed by atoms with E-state index in [0.717, 1.165) is 31.3 Å². The fourth-order valence-corrected chi connectivity index (χ4v) is 3.25. The molecule has 0 aliphatic carbocycles. The van der Waals surface area contributed by atoms with Gasteiger partial charge in [-0.3, -0.25) is 4.99 Å². The van der Waals surface area contributed by atoms with Crippen LogP contribution in [0.25, 0.3) is 0 Å². The van der Waals surface area contributed by atoms with Crippen LogP contribution in [0.5, 0.6) is 0 Å². The van der Waals surface area contributed by atoms with Gasteiger partial charge in [-0.2, -0.15) is 4.98 Å². The van der Waals surface area contributed by atoms with Gasteiger partial charge in [0.05, 0.1) is 0 Å². The van der Waals surface area contributed by atoms with Crippen molar-refractivity contribution in [1.82, 2.24) is 20.8 Å². The summed E-state index contributed by atoms with van der Waals surface area (Å²) in [4.78, 5) is 11.2. The molecule has 0 saturated carbocycles. The van der Waals surface area contributed by atoms with E-state index in [2.05, 4.69) is 74.8 Å². The Kier molecular flexibility index (Phi) is 6.68. The predicted octanol–water partition coefficient (Wildman–Crippen LogP) is 2.57. The number of para-hydroxylation sites is 1. The van der Waals surface area contributed by atoms with Gasteiger partial charge in [-0.05, 0) is 25.0 Å². The van der Waals surface area contributed by atoms with Gasteiger partial charge in [0.25, 0.3) is 0 Å². The normalized spacial score (nSPS) is 18.0. The van der Waals surface area contributed by atoms with Crippen molar-refractivity contribution >= 4 is 11.6 Å². The lowest BCUT2D eigenvalue weighted by Crippen LogP contribution is -2.51. The van der Waals surface area contributed by atoms with Gasteiger partial charge in [-0.1, -0.05) is 37.2 Å². The van der Waals surface area contributed by atoms with E-state index in [-0.39, 0.29) is 5.92 Å². The largest absolute Gasteiger partial charge is 0.369 e. The smallest absolute Gasteiger partial charge is 0.228 e. The molecule has 0 radical (unpaired) electrons. The molecule has 1 aromatic carbocycles. The lowest BCUT2D eigenvalue weighted by molar-refractivity contribution is 0.371. The first-order chi connectivity index (χ1) is 13.2. The molecule has 2 aromatic rings. The minimum absolute atomic E-state index is 0.281. The van der Waals surface area contributed by atoms with Crippen LogP contribution in [-0.4, -0.2) is 48.8 Å². The summed E-state index contributed by atoms with van der Waals surface area (Å²) in [5, 5.41) is 10.9. The SMILES string of the molecule is CN=C(NCCc1nc(C(C)C)no1)NC1CCCN(c2ccccc2)C1. The maximum absolute atomic E-state index is 5.29. The van der Waals surface area contributed by atoms with Crippen molar-refractivity contribution in [3.8, 4) is 0 Å². The Morgan fingerprint density at radius 3 is 2.85 bits per heavy atom. The molecule has 1 saturated heterocycles. The maximum Gasteiger partial charge on any atom is 0.228 e. The first-order valence-corrected chi connectivity index (χ1v) is 9.75. The zero-order valence-electron chi connectivity index (χ0n) is 16.5. The molecule has 1 unspecified atom stereocenters. The van der Waals surface area contributed by atoms with Crippen LogP contribution in [0.2, 0.25) is 0 Å². The van der Waals surface area contributed by atoms with E-state index >= 15 is 0 Å². The van der Waals surface area contributed by atoms with Gasteiger partial charge in [0.1, 0.15) is 0 Å². The van der Waals surface area contributed by atoms with E-state index in [1.807, 2.05) is 0 Å². The zero-order chi connectivity index (χ0) is 19.1. The summed E-state index contributed by atoms with van der Waals surface area (Å²) in [6, 6.07) is 11.0. The highest BCUT2D eigenvalue weighted by Crippen LogP contribution is 2.19. The third kappa shape index (κ3) is 5.45. The van der Waals surface area contributed by atoms with Gasteiger partial charge in [-0.15, -0.1) is 0 Å². The van der Waals surface area contributed by atoms with Crippen molar-refractivity contribution in [2.75, 3.05) is 31.6 Å². The summed E-state index contributed by atoms with van der Waals surface area (Å²) < 4.78 is 5.29. The third-order valence-corrected chi connectivity index (χ3v) is 4.74. The number of piperidine rings is 1. The van der Waals surface area contributed by atoms with Crippen LogP contribution >= 0.6 is 0 Å². The number of hydrogen-bond acceptors (Lipinski definition) is 5. The van der Waals surface area contributed by atoms with E-state index in [0.29, 0.717) is 24.9 Å². The molecule has 0 amide bonds. The van der Waals surface area contributed by atoms with Crippen LogP contribution < -0.4 is 15.5 Å². The Balaban J connectivity index is 1.46. The fourth-order valence-electron chi connectivity index (χ4n) is 3.25. The van der Waals surface area contributed by atoms with E-state index < -0.39 is 0 Å². The molecule has 7 heteroatoms. The lowest BCUT2D eigenvalue weighted by atomic mass is 10.1. The predicted molar refractivity (Wildman–Crippen MR) is 108 cm³/mol. The molecule has 27 heavy (non-hydrogen) atoms. The van der Waals surface area contributed by atoms with Crippen molar-refractivity contribution < 1.29 is 4.52 Å². The van der Waals surface area contributed by atoms with Gasteiger partial charge >= 0.3 is 0 Å². The van der Waals surface area contributed by atoms with Gasteiger partial charge in [0.2, 0.25) is 5.89 Å². The Morgan fingerprint density at radius 1 is 1.33 bits per heavy atom. The van der Waals surface area contributed by atoms with Gasteiger partial charge in [0, 0.05) is 50.7 Å². The maximum atomic E-state index is 5.29. The van der Waals surface area contributed by atoms with E-state index in [4.69, 9.17) is 4.52 Å². The van der Waals surface area contributed by atoms with Crippen LogP contribution in [0.4, 0.5) is 5.69 Å². The van der Waals surface area contributed by atoms with E-state index in [1.165, 1.54) is 12.1 Å². The van der Waals surface area contributed by atoms with Crippen molar-refractivity contribution in [3.05, 3.63) is 42.0 Å². The van der Waals surface area contributed by atoms with Crippen LogP contribution in [0, 0.1) is 0 Å². The number of benzene rings is 1. The average molecular weight is 371 g/mol. The molecule has 2 heterocycles. The van der Waals surface area contributed by atoms with Crippen molar-refractivity contribution in [1.29, 1.82) is 0 Å².